The van der Waals surface area contributed by atoms with Crippen LogP contribution in [0.2, 0.25) is 0 Å². The lowest BCUT2D eigenvalue weighted by Gasteiger charge is -2.08. The summed E-state index contributed by atoms with van der Waals surface area (Å²) >= 11 is 0. The van der Waals surface area contributed by atoms with E-state index in [9.17, 15) is 0 Å². The van der Waals surface area contributed by atoms with Gasteiger partial charge in [0.15, 0.2) is 0 Å². The quantitative estimate of drug-likeness (QED) is 0.638. The average molecular weight is 183 g/mol. The van der Waals surface area contributed by atoms with Gasteiger partial charge in [0.1, 0.15) is 0 Å². The zero-order valence-corrected chi connectivity index (χ0v) is 8.25. The Morgan fingerprint density at radius 3 is 2.50 bits per heavy atom. The van der Waals surface area contributed by atoms with E-state index in [0.29, 0.717) is 0 Å². The normalized spacial score (nSPS) is 14.9. The van der Waals surface area contributed by atoms with Gasteiger partial charge in [-0.15, -0.1) is 0 Å². The fourth-order valence-corrected chi connectivity index (χ4v) is 1.52. The van der Waals surface area contributed by atoms with Crippen LogP contribution in [0.25, 0.3) is 12.2 Å². The van der Waals surface area contributed by atoms with Crippen molar-refractivity contribution in [2.24, 2.45) is 0 Å². The largest absolute Gasteiger partial charge is 0.367 e. The minimum atomic E-state index is 1.05. The molecule has 0 amide bonds. The molecule has 0 aromatic heterocycles. The highest BCUT2D eigenvalue weighted by molar-refractivity contribution is 5.72. The highest BCUT2D eigenvalue weighted by Gasteiger charge is 1.99. The first kappa shape index (κ1) is 8.82. The van der Waals surface area contributed by atoms with E-state index in [2.05, 4.69) is 37.0 Å². The van der Waals surface area contributed by atoms with Crippen molar-refractivity contribution in [1.82, 2.24) is 5.32 Å². The van der Waals surface area contributed by atoms with E-state index in [1.165, 1.54) is 16.4 Å². The molecule has 1 aliphatic heterocycles. The molecule has 0 aliphatic carbocycles. The van der Waals surface area contributed by atoms with E-state index in [1.54, 1.807) is 0 Å². The zero-order valence-electron chi connectivity index (χ0n) is 8.25. The van der Waals surface area contributed by atoms with Crippen molar-refractivity contribution in [2.45, 2.75) is 6.92 Å². The maximum Gasteiger partial charge on any atom is 0.00401 e. The van der Waals surface area contributed by atoms with Crippen LogP contribution in [-0.4, -0.2) is 0 Å². The van der Waals surface area contributed by atoms with Crippen LogP contribution in [0.4, 0.5) is 0 Å². The van der Waals surface area contributed by atoms with Gasteiger partial charge in [-0.2, -0.15) is 0 Å². The lowest BCUT2D eigenvalue weighted by atomic mass is 10.0. The Morgan fingerprint density at radius 1 is 1.14 bits per heavy atom. The molecule has 0 atom stereocenters. The Morgan fingerprint density at radius 2 is 1.86 bits per heavy atom. The van der Waals surface area contributed by atoms with E-state index in [1.807, 2.05) is 24.5 Å². The minimum Gasteiger partial charge on any atom is -0.367 e. The van der Waals surface area contributed by atoms with Gasteiger partial charge in [-0.25, -0.2) is 0 Å². The van der Waals surface area contributed by atoms with Gasteiger partial charge in [-0.1, -0.05) is 30.8 Å². The highest BCUT2D eigenvalue weighted by atomic mass is 14.8. The second-order valence-electron chi connectivity index (χ2n) is 3.44. The summed E-state index contributed by atoms with van der Waals surface area (Å²) in [5.74, 6) is 0. The van der Waals surface area contributed by atoms with E-state index in [4.69, 9.17) is 0 Å². The number of rotatable bonds is 0. The molecule has 0 radical (unpaired) electrons. The Bertz CT molecular complexity index is 483. The summed E-state index contributed by atoms with van der Waals surface area (Å²) in [6.45, 7) is 5.97. The van der Waals surface area contributed by atoms with Crippen LogP contribution < -0.4 is 15.8 Å². The first-order chi connectivity index (χ1) is 6.77. The van der Waals surface area contributed by atoms with E-state index in [-0.39, 0.29) is 0 Å². The molecule has 1 N–H and O–H groups in total. The topological polar surface area (TPSA) is 12.0 Å². The van der Waals surface area contributed by atoms with Gasteiger partial charge in [-0.05, 0) is 34.6 Å². The summed E-state index contributed by atoms with van der Waals surface area (Å²) in [5.41, 5.74) is 2.52. The second-order valence-corrected chi connectivity index (χ2v) is 3.44. The van der Waals surface area contributed by atoms with E-state index in [0.717, 1.165) is 5.22 Å². The van der Waals surface area contributed by atoms with Crippen molar-refractivity contribution in [3.05, 3.63) is 58.8 Å². The molecule has 70 valence electrons. The summed E-state index contributed by atoms with van der Waals surface area (Å²) in [6, 6.07) is 8.27. The third-order valence-corrected chi connectivity index (χ3v) is 2.34. The standard InChI is InChI=1S/C13H13N/c1-10-3-5-12(6-4-10)13-7-8-14-9-11(13)2/h3-9,14H,1H2,2H3. The molecule has 1 aliphatic rings. The van der Waals surface area contributed by atoms with E-state index >= 15 is 0 Å². The van der Waals surface area contributed by atoms with Crippen molar-refractivity contribution in [3.63, 3.8) is 0 Å². The summed E-state index contributed by atoms with van der Waals surface area (Å²) in [7, 11) is 0. The van der Waals surface area contributed by atoms with Gasteiger partial charge in [0.2, 0.25) is 0 Å². The number of dihydropyridines is 1. The Hall–Kier alpha value is -1.76. The molecule has 0 bridgehead atoms. The number of nitrogens with one attached hydrogen (secondary N) is 1. The molecule has 0 saturated heterocycles. The molecule has 0 unspecified atom stereocenters. The molecule has 2 rings (SSSR count). The van der Waals surface area contributed by atoms with E-state index < -0.39 is 0 Å². The van der Waals surface area contributed by atoms with Gasteiger partial charge >= 0.3 is 0 Å². The molecule has 1 aromatic carbocycles. The molecule has 1 aromatic rings. The summed E-state index contributed by atoms with van der Waals surface area (Å²) in [6.07, 6.45) is 6.04. The van der Waals surface area contributed by atoms with Crippen LogP contribution in [0, 0.1) is 0 Å². The van der Waals surface area contributed by atoms with Crippen molar-refractivity contribution in [2.75, 3.05) is 0 Å². The monoisotopic (exact) mass is 183 g/mol. The van der Waals surface area contributed by atoms with Gasteiger partial charge in [0.25, 0.3) is 0 Å². The van der Waals surface area contributed by atoms with Crippen molar-refractivity contribution in [1.29, 1.82) is 0 Å². The first-order valence-corrected chi connectivity index (χ1v) is 4.66. The van der Waals surface area contributed by atoms with Crippen LogP contribution in [0.3, 0.4) is 0 Å². The maximum atomic E-state index is 3.87. The molecule has 14 heavy (non-hydrogen) atoms. The van der Waals surface area contributed by atoms with Crippen LogP contribution >= 0.6 is 0 Å². The summed E-state index contributed by atoms with van der Waals surface area (Å²) < 4.78 is 0. The third-order valence-electron chi connectivity index (χ3n) is 2.34. The Balaban J connectivity index is 2.64. The molecule has 1 heteroatoms. The molecular formula is C13H13N. The number of hydrogen-bond donors (Lipinski definition) is 1. The fraction of sp³-hybridized carbons (Fsp3) is 0.0769. The summed E-state index contributed by atoms with van der Waals surface area (Å²) in [5, 5.41) is 5.36. The second kappa shape index (κ2) is 3.54. The maximum absolute atomic E-state index is 3.87. The van der Waals surface area contributed by atoms with Crippen LogP contribution in [0.5, 0.6) is 0 Å². The molecule has 1 heterocycles. The fourth-order valence-electron chi connectivity index (χ4n) is 1.52. The van der Waals surface area contributed by atoms with Gasteiger partial charge in [-0.3, -0.25) is 0 Å². The minimum absolute atomic E-state index is 1.05. The van der Waals surface area contributed by atoms with Gasteiger partial charge < -0.3 is 5.32 Å². The lowest BCUT2D eigenvalue weighted by Crippen LogP contribution is -2.12. The zero-order chi connectivity index (χ0) is 9.97. The first-order valence-electron chi connectivity index (χ1n) is 4.66. The third kappa shape index (κ3) is 1.62. The van der Waals surface area contributed by atoms with Crippen LogP contribution in [0.1, 0.15) is 6.92 Å². The smallest absolute Gasteiger partial charge is 0.00401 e. The molecular weight excluding hydrogens is 170 g/mol. The molecule has 1 nitrogen and oxygen atoms in total. The van der Waals surface area contributed by atoms with Gasteiger partial charge in [0.05, 0.1) is 0 Å². The van der Waals surface area contributed by atoms with Crippen LogP contribution in [0.15, 0.2) is 48.3 Å². The Labute approximate surface area is 83.8 Å². The average Bonchev–Trinajstić information content (AvgIpc) is 2.20. The van der Waals surface area contributed by atoms with Crippen molar-refractivity contribution in [3.8, 4) is 0 Å². The molecule has 0 fully saturated rings. The predicted octanol–water partition coefficient (Wildman–Crippen LogP) is 1.27. The highest BCUT2D eigenvalue weighted by Crippen LogP contribution is 2.11. The van der Waals surface area contributed by atoms with Crippen molar-refractivity contribution >= 4 is 12.2 Å². The Kier molecular flexibility index (Phi) is 2.23. The lowest BCUT2D eigenvalue weighted by molar-refractivity contribution is 1.15. The predicted molar refractivity (Wildman–Crippen MR) is 60.7 cm³/mol. The van der Waals surface area contributed by atoms with Gasteiger partial charge in [0, 0.05) is 12.4 Å². The number of allylic oxidation sites excluding steroid dienone is 2. The van der Waals surface area contributed by atoms with Crippen molar-refractivity contribution < 1.29 is 0 Å². The molecule has 0 saturated carbocycles. The van der Waals surface area contributed by atoms with Crippen LogP contribution in [-0.2, 0) is 0 Å². The summed E-state index contributed by atoms with van der Waals surface area (Å²) in [4.78, 5) is 0. The molecule has 0 spiro atoms. The SMILES string of the molecule is C=c1ccc(=C2C=CNC=C2C)cc1. The number of hydrogen-bond acceptors (Lipinski definition) is 1. The number of benzene rings is 1.